The highest BCUT2D eigenvalue weighted by molar-refractivity contribution is 7.16. The minimum atomic E-state index is -0.446. The fraction of sp³-hybridized carbons (Fsp3) is 0.667. The van der Waals surface area contributed by atoms with Crippen LogP contribution in [0.1, 0.15) is 18.7 Å². The third-order valence-electron chi connectivity index (χ3n) is 2.20. The van der Waals surface area contributed by atoms with Gasteiger partial charge >= 0.3 is 0 Å². The van der Waals surface area contributed by atoms with Crippen LogP contribution < -0.4 is 0 Å². The summed E-state index contributed by atoms with van der Waals surface area (Å²) in [6.45, 7) is 5.71. The van der Waals surface area contributed by atoms with Crippen LogP contribution >= 0.6 is 22.9 Å². The number of aliphatic hydroxyl groups is 1. The monoisotopic (exact) mass is 277 g/mol. The number of halogens is 1. The lowest BCUT2D eigenvalue weighted by atomic mass is 10.3. The van der Waals surface area contributed by atoms with Gasteiger partial charge in [0.25, 0.3) is 0 Å². The standard InChI is InChI=1S/C12H20ClNO2S/c1-9(2)16-8-10(15)6-14(3)7-11-4-5-12(13)17-11/h4-5,9-10,15H,6-8H2,1-3H3. The Kier molecular flexibility index (Phi) is 6.44. The molecule has 5 heteroatoms. The SMILES string of the molecule is CC(C)OCC(O)CN(C)Cc1ccc(Cl)s1. The highest BCUT2D eigenvalue weighted by Gasteiger charge is 2.10. The molecule has 1 rings (SSSR count). The summed E-state index contributed by atoms with van der Waals surface area (Å²) in [5.74, 6) is 0. The molecule has 0 amide bonds. The molecule has 0 spiro atoms. The van der Waals surface area contributed by atoms with Crippen LogP contribution in [0.2, 0.25) is 4.34 Å². The molecule has 17 heavy (non-hydrogen) atoms. The van der Waals surface area contributed by atoms with Crippen LogP contribution in [0.4, 0.5) is 0 Å². The number of hydrogen-bond acceptors (Lipinski definition) is 4. The van der Waals surface area contributed by atoms with Gasteiger partial charge in [0.1, 0.15) is 0 Å². The predicted molar refractivity (Wildman–Crippen MR) is 72.8 cm³/mol. The zero-order valence-corrected chi connectivity index (χ0v) is 12.1. The fourth-order valence-corrected chi connectivity index (χ4v) is 2.65. The smallest absolute Gasteiger partial charge is 0.0931 e. The molecule has 0 aromatic carbocycles. The number of likely N-dealkylation sites (N-methyl/N-ethyl adjacent to an activating group) is 1. The Balaban J connectivity index is 2.26. The predicted octanol–water partition coefficient (Wildman–Crippen LogP) is 2.62. The van der Waals surface area contributed by atoms with E-state index in [9.17, 15) is 5.11 Å². The molecule has 1 unspecified atom stereocenters. The van der Waals surface area contributed by atoms with Gasteiger partial charge in [-0.1, -0.05) is 11.6 Å². The van der Waals surface area contributed by atoms with Crippen molar-refractivity contribution in [1.82, 2.24) is 4.90 Å². The number of nitrogens with zero attached hydrogens (tertiary/aromatic N) is 1. The normalized spacial score (nSPS) is 13.6. The van der Waals surface area contributed by atoms with Crippen molar-refractivity contribution in [2.24, 2.45) is 0 Å². The van der Waals surface area contributed by atoms with Crippen LogP contribution in [0.25, 0.3) is 0 Å². The summed E-state index contributed by atoms with van der Waals surface area (Å²) in [5, 5.41) is 9.76. The fourth-order valence-electron chi connectivity index (χ4n) is 1.48. The molecule has 0 bridgehead atoms. The van der Waals surface area contributed by atoms with E-state index in [-0.39, 0.29) is 6.10 Å². The summed E-state index contributed by atoms with van der Waals surface area (Å²) in [6.07, 6.45) is -0.288. The van der Waals surface area contributed by atoms with Gasteiger partial charge in [-0.05, 0) is 33.0 Å². The van der Waals surface area contributed by atoms with Crippen LogP contribution in [-0.4, -0.2) is 42.4 Å². The summed E-state index contributed by atoms with van der Waals surface area (Å²) >= 11 is 7.44. The van der Waals surface area contributed by atoms with Gasteiger partial charge < -0.3 is 9.84 Å². The summed E-state index contributed by atoms with van der Waals surface area (Å²) in [7, 11) is 1.98. The van der Waals surface area contributed by atoms with Crippen LogP contribution in [0.5, 0.6) is 0 Å². The minimum absolute atomic E-state index is 0.158. The van der Waals surface area contributed by atoms with E-state index in [1.165, 1.54) is 4.88 Å². The summed E-state index contributed by atoms with van der Waals surface area (Å²) in [6, 6.07) is 3.91. The van der Waals surface area contributed by atoms with Gasteiger partial charge in [-0.3, -0.25) is 4.90 Å². The molecule has 0 saturated carbocycles. The average molecular weight is 278 g/mol. The van der Waals surface area contributed by atoms with Gasteiger partial charge in [-0.2, -0.15) is 0 Å². The highest BCUT2D eigenvalue weighted by Crippen LogP contribution is 2.22. The molecule has 0 saturated heterocycles. The lowest BCUT2D eigenvalue weighted by Crippen LogP contribution is -2.32. The third kappa shape index (κ3) is 6.38. The molecule has 98 valence electrons. The van der Waals surface area contributed by atoms with Crippen molar-refractivity contribution < 1.29 is 9.84 Å². The van der Waals surface area contributed by atoms with Crippen molar-refractivity contribution in [3.63, 3.8) is 0 Å². The van der Waals surface area contributed by atoms with Crippen LogP contribution in [0.3, 0.4) is 0 Å². The Hall–Kier alpha value is -0.130. The van der Waals surface area contributed by atoms with Crippen LogP contribution in [-0.2, 0) is 11.3 Å². The summed E-state index contributed by atoms with van der Waals surface area (Å²) in [4.78, 5) is 3.27. The van der Waals surface area contributed by atoms with Crippen LogP contribution in [0.15, 0.2) is 12.1 Å². The molecule has 0 aliphatic rings. The number of hydrogen-bond donors (Lipinski definition) is 1. The van der Waals surface area contributed by atoms with E-state index < -0.39 is 6.10 Å². The topological polar surface area (TPSA) is 32.7 Å². The summed E-state index contributed by atoms with van der Waals surface area (Å²) < 4.78 is 6.17. The summed E-state index contributed by atoms with van der Waals surface area (Å²) in [5.41, 5.74) is 0. The lowest BCUT2D eigenvalue weighted by Gasteiger charge is -2.20. The maximum Gasteiger partial charge on any atom is 0.0931 e. The Bertz CT molecular complexity index is 330. The first-order valence-corrected chi connectivity index (χ1v) is 6.89. The van der Waals surface area contributed by atoms with E-state index in [1.54, 1.807) is 11.3 Å². The molecule has 0 aliphatic heterocycles. The Morgan fingerprint density at radius 3 is 2.71 bits per heavy atom. The number of aliphatic hydroxyl groups excluding tert-OH is 1. The van der Waals surface area contributed by atoms with Gasteiger partial charge in [0.15, 0.2) is 0 Å². The maximum absolute atomic E-state index is 9.76. The molecule has 3 nitrogen and oxygen atoms in total. The lowest BCUT2D eigenvalue weighted by molar-refractivity contribution is -0.00625. The Labute approximate surface area is 112 Å². The van der Waals surface area contributed by atoms with E-state index in [0.717, 1.165) is 10.9 Å². The molecule has 1 atom stereocenters. The van der Waals surface area contributed by atoms with E-state index >= 15 is 0 Å². The second-order valence-electron chi connectivity index (χ2n) is 4.44. The molecule has 1 N–H and O–H groups in total. The second-order valence-corrected chi connectivity index (χ2v) is 6.24. The van der Waals surface area contributed by atoms with E-state index in [4.69, 9.17) is 16.3 Å². The first-order chi connectivity index (χ1) is 7.97. The molecule has 0 radical (unpaired) electrons. The molecule has 0 fully saturated rings. The average Bonchev–Trinajstić information content (AvgIpc) is 2.60. The zero-order chi connectivity index (χ0) is 12.8. The van der Waals surface area contributed by atoms with Gasteiger partial charge in [0, 0.05) is 18.0 Å². The number of thiophene rings is 1. The molecule has 1 aromatic heterocycles. The van der Waals surface area contributed by atoms with Gasteiger partial charge in [-0.25, -0.2) is 0 Å². The molecular formula is C12H20ClNO2S. The van der Waals surface area contributed by atoms with Crippen molar-refractivity contribution in [2.45, 2.75) is 32.6 Å². The maximum atomic E-state index is 9.76. The molecule has 0 aliphatic carbocycles. The second kappa shape index (κ2) is 7.34. The first kappa shape index (κ1) is 14.9. The van der Waals surface area contributed by atoms with Gasteiger partial charge in [-0.15, -0.1) is 11.3 Å². The van der Waals surface area contributed by atoms with Crippen molar-refractivity contribution in [3.8, 4) is 0 Å². The molecule has 1 heterocycles. The Morgan fingerprint density at radius 1 is 1.47 bits per heavy atom. The van der Waals surface area contributed by atoms with E-state index in [0.29, 0.717) is 13.2 Å². The molecule has 1 aromatic rings. The van der Waals surface area contributed by atoms with Gasteiger partial charge in [0.2, 0.25) is 0 Å². The largest absolute Gasteiger partial charge is 0.389 e. The number of ether oxygens (including phenoxy) is 1. The zero-order valence-electron chi connectivity index (χ0n) is 10.5. The first-order valence-electron chi connectivity index (χ1n) is 5.69. The Morgan fingerprint density at radius 2 is 2.18 bits per heavy atom. The van der Waals surface area contributed by atoms with Crippen molar-refractivity contribution >= 4 is 22.9 Å². The third-order valence-corrected chi connectivity index (χ3v) is 3.41. The van der Waals surface area contributed by atoms with E-state index in [2.05, 4.69) is 4.90 Å². The molecular weight excluding hydrogens is 258 g/mol. The number of rotatable bonds is 7. The highest BCUT2D eigenvalue weighted by atomic mass is 35.5. The minimum Gasteiger partial charge on any atom is -0.389 e. The van der Waals surface area contributed by atoms with Gasteiger partial charge in [0.05, 0.1) is 23.2 Å². The van der Waals surface area contributed by atoms with Crippen molar-refractivity contribution in [2.75, 3.05) is 20.2 Å². The quantitative estimate of drug-likeness (QED) is 0.832. The van der Waals surface area contributed by atoms with E-state index in [1.807, 2.05) is 33.0 Å². The van der Waals surface area contributed by atoms with Crippen LogP contribution in [0, 0.1) is 0 Å². The van der Waals surface area contributed by atoms with Crippen molar-refractivity contribution in [3.05, 3.63) is 21.3 Å². The van der Waals surface area contributed by atoms with Crippen molar-refractivity contribution in [1.29, 1.82) is 0 Å².